The minimum absolute atomic E-state index is 0.0272. The number of aryl methyl sites for hydroxylation is 1. The quantitative estimate of drug-likeness (QED) is 0.613. The lowest BCUT2D eigenvalue weighted by atomic mass is 9.86. The van der Waals surface area contributed by atoms with Gasteiger partial charge in [0.05, 0.1) is 5.56 Å². The second-order valence-corrected chi connectivity index (χ2v) is 4.75. The van der Waals surface area contributed by atoms with Crippen molar-refractivity contribution in [3.8, 4) is 0 Å². The van der Waals surface area contributed by atoms with Crippen molar-refractivity contribution >= 4 is 0 Å². The Morgan fingerprint density at radius 2 is 1.87 bits per heavy atom. The lowest BCUT2D eigenvalue weighted by Crippen LogP contribution is -2.12. The van der Waals surface area contributed by atoms with Crippen LogP contribution in [0.3, 0.4) is 0 Å². The van der Waals surface area contributed by atoms with Crippen LogP contribution in [0.4, 0.5) is 13.2 Å². The summed E-state index contributed by atoms with van der Waals surface area (Å²) in [5, 5.41) is 0. The van der Waals surface area contributed by atoms with Crippen LogP contribution in [0.1, 0.15) is 37.0 Å². The van der Waals surface area contributed by atoms with Crippen molar-refractivity contribution in [1.29, 1.82) is 0 Å². The van der Waals surface area contributed by atoms with Crippen LogP contribution >= 0.6 is 0 Å². The molecule has 0 spiro atoms. The molecule has 15 heavy (non-hydrogen) atoms. The minimum atomic E-state index is -4.22. The molecule has 1 aromatic carbocycles. The van der Waals surface area contributed by atoms with Gasteiger partial charge >= 0.3 is 6.18 Å². The summed E-state index contributed by atoms with van der Waals surface area (Å²) in [6.07, 6.45) is -2.53. The number of fused-ring (bicyclic) bond motifs is 1. The molecule has 0 atom stereocenters. The van der Waals surface area contributed by atoms with Gasteiger partial charge in [-0.15, -0.1) is 0 Å². The fourth-order valence-corrected chi connectivity index (χ4v) is 2.22. The SMILES string of the molecule is CC1(C)CCc2cc(C(F)(F)F)ccc21. The van der Waals surface area contributed by atoms with E-state index >= 15 is 0 Å². The van der Waals surface area contributed by atoms with Gasteiger partial charge in [0, 0.05) is 0 Å². The molecule has 0 N–H and O–H groups in total. The first-order valence-corrected chi connectivity index (χ1v) is 5.01. The Morgan fingerprint density at radius 3 is 2.47 bits per heavy atom. The zero-order valence-electron chi connectivity index (χ0n) is 8.78. The summed E-state index contributed by atoms with van der Waals surface area (Å²) in [6.45, 7) is 4.15. The molecule has 0 saturated heterocycles. The highest BCUT2D eigenvalue weighted by atomic mass is 19.4. The van der Waals surface area contributed by atoms with Crippen LogP contribution in [0.15, 0.2) is 18.2 Å². The lowest BCUT2D eigenvalue weighted by molar-refractivity contribution is -0.137. The van der Waals surface area contributed by atoms with Crippen molar-refractivity contribution in [1.82, 2.24) is 0 Å². The summed E-state index contributed by atoms with van der Waals surface area (Å²) < 4.78 is 37.3. The van der Waals surface area contributed by atoms with E-state index in [1.807, 2.05) is 0 Å². The third kappa shape index (κ3) is 1.75. The first-order valence-electron chi connectivity index (χ1n) is 5.01. The van der Waals surface area contributed by atoms with Gasteiger partial charge < -0.3 is 0 Å². The topological polar surface area (TPSA) is 0 Å². The van der Waals surface area contributed by atoms with Crippen molar-refractivity contribution in [3.63, 3.8) is 0 Å². The van der Waals surface area contributed by atoms with Gasteiger partial charge in [0.2, 0.25) is 0 Å². The Labute approximate surface area is 87.1 Å². The van der Waals surface area contributed by atoms with Crippen molar-refractivity contribution in [2.24, 2.45) is 0 Å². The largest absolute Gasteiger partial charge is 0.416 e. The molecule has 0 saturated carbocycles. The van der Waals surface area contributed by atoms with E-state index < -0.39 is 11.7 Å². The van der Waals surface area contributed by atoms with Gasteiger partial charge in [-0.3, -0.25) is 0 Å². The van der Waals surface area contributed by atoms with Crippen LogP contribution in [-0.4, -0.2) is 0 Å². The molecule has 0 aromatic heterocycles. The maximum absolute atomic E-state index is 12.4. The number of hydrogen-bond acceptors (Lipinski definition) is 0. The fraction of sp³-hybridized carbons (Fsp3) is 0.500. The van der Waals surface area contributed by atoms with Crippen molar-refractivity contribution in [3.05, 3.63) is 34.9 Å². The van der Waals surface area contributed by atoms with Gasteiger partial charge in [-0.25, -0.2) is 0 Å². The molecule has 82 valence electrons. The Balaban J connectivity index is 2.47. The number of halogens is 3. The van der Waals surface area contributed by atoms with E-state index in [1.165, 1.54) is 12.1 Å². The molecule has 0 bridgehead atoms. The molecule has 0 radical (unpaired) electrons. The minimum Gasteiger partial charge on any atom is -0.166 e. The van der Waals surface area contributed by atoms with Crippen molar-refractivity contribution in [2.75, 3.05) is 0 Å². The maximum atomic E-state index is 12.4. The van der Waals surface area contributed by atoms with Gasteiger partial charge in [0.15, 0.2) is 0 Å². The molecule has 1 aliphatic rings. The summed E-state index contributed by atoms with van der Waals surface area (Å²) in [4.78, 5) is 0. The molecular formula is C12H13F3. The van der Waals surface area contributed by atoms with E-state index in [4.69, 9.17) is 0 Å². The zero-order chi connectivity index (χ0) is 11.3. The summed E-state index contributed by atoms with van der Waals surface area (Å²) >= 11 is 0. The third-order valence-electron chi connectivity index (χ3n) is 3.18. The monoisotopic (exact) mass is 214 g/mol. The fourth-order valence-electron chi connectivity index (χ4n) is 2.22. The molecule has 0 unspecified atom stereocenters. The molecule has 2 rings (SSSR count). The molecular weight excluding hydrogens is 201 g/mol. The molecule has 3 heteroatoms. The number of hydrogen-bond donors (Lipinski definition) is 0. The Kier molecular flexibility index (Phi) is 2.11. The second kappa shape index (κ2) is 3.00. The maximum Gasteiger partial charge on any atom is 0.416 e. The molecule has 0 heterocycles. The molecule has 0 fully saturated rings. The standard InChI is InChI=1S/C12H13F3/c1-11(2)6-5-8-7-9(12(13,14)15)3-4-10(8)11/h3-4,7H,5-6H2,1-2H3. The zero-order valence-corrected chi connectivity index (χ0v) is 8.78. The Bertz CT molecular complexity index is 388. The van der Waals surface area contributed by atoms with Gasteiger partial charge in [-0.1, -0.05) is 19.9 Å². The second-order valence-electron chi connectivity index (χ2n) is 4.75. The van der Waals surface area contributed by atoms with Crippen LogP contribution in [0.25, 0.3) is 0 Å². The average molecular weight is 214 g/mol. The average Bonchev–Trinajstić information content (AvgIpc) is 2.41. The van der Waals surface area contributed by atoms with Gasteiger partial charge in [0.25, 0.3) is 0 Å². The van der Waals surface area contributed by atoms with E-state index in [2.05, 4.69) is 13.8 Å². The Morgan fingerprint density at radius 1 is 1.20 bits per heavy atom. The van der Waals surface area contributed by atoms with Crippen LogP contribution in [0, 0.1) is 0 Å². The highest BCUT2D eigenvalue weighted by Crippen LogP contribution is 2.40. The van der Waals surface area contributed by atoms with Gasteiger partial charge in [-0.2, -0.15) is 13.2 Å². The normalized spacial score (nSPS) is 19.0. The number of rotatable bonds is 0. The molecule has 0 nitrogen and oxygen atoms in total. The summed E-state index contributed by atoms with van der Waals surface area (Å²) in [6, 6.07) is 4.11. The van der Waals surface area contributed by atoms with Crippen LogP contribution in [0.2, 0.25) is 0 Å². The number of benzene rings is 1. The first-order chi connectivity index (χ1) is 6.81. The van der Waals surface area contributed by atoms with Gasteiger partial charge in [-0.05, 0) is 41.5 Å². The van der Waals surface area contributed by atoms with E-state index in [0.717, 1.165) is 24.0 Å². The summed E-state index contributed by atoms with van der Waals surface area (Å²) in [5.41, 5.74) is 1.42. The predicted octanol–water partition coefficient (Wildman–Crippen LogP) is 3.93. The molecule has 1 aromatic rings. The van der Waals surface area contributed by atoms with E-state index in [1.54, 1.807) is 6.07 Å². The van der Waals surface area contributed by atoms with Crippen LogP contribution < -0.4 is 0 Å². The number of alkyl halides is 3. The van der Waals surface area contributed by atoms with Crippen molar-refractivity contribution in [2.45, 2.75) is 38.3 Å². The highest BCUT2D eigenvalue weighted by Gasteiger charge is 2.35. The highest BCUT2D eigenvalue weighted by molar-refractivity contribution is 5.41. The van der Waals surface area contributed by atoms with Crippen molar-refractivity contribution < 1.29 is 13.2 Å². The first kappa shape index (κ1) is 10.5. The third-order valence-corrected chi connectivity index (χ3v) is 3.18. The summed E-state index contributed by atoms with van der Waals surface area (Å²) in [7, 11) is 0. The lowest BCUT2D eigenvalue weighted by Gasteiger charge is -2.19. The van der Waals surface area contributed by atoms with Gasteiger partial charge in [0.1, 0.15) is 0 Å². The van der Waals surface area contributed by atoms with E-state index in [9.17, 15) is 13.2 Å². The molecule has 1 aliphatic carbocycles. The van der Waals surface area contributed by atoms with Crippen LogP contribution in [-0.2, 0) is 18.0 Å². The smallest absolute Gasteiger partial charge is 0.166 e. The molecule has 0 amide bonds. The summed E-state index contributed by atoms with van der Waals surface area (Å²) in [5.74, 6) is 0. The van der Waals surface area contributed by atoms with Crippen LogP contribution in [0.5, 0.6) is 0 Å². The van der Waals surface area contributed by atoms with E-state index in [0.29, 0.717) is 0 Å². The predicted molar refractivity (Wildman–Crippen MR) is 52.8 cm³/mol. The van der Waals surface area contributed by atoms with E-state index in [-0.39, 0.29) is 5.41 Å². The molecule has 0 aliphatic heterocycles. The Hall–Kier alpha value is -0.990.